The number of aromatic nitrogens is 1. The standard InChI is InChI=1S/C9H9F2NO2/c1-2-14-7(13)5-6-3-4-12-9(11)8(6)10/h3-4H,2,5H2,1H3. The van der Waals surface area contributed by atoms with Crippen LogP contribution >= 0.6 is 0 Å². The lowest BCUT2D eigenvalue weighted by molar-refractivity contribution is -0.142. The van der Waals surface area contributed by atoms with E-state index in [1.54, 1.807) is 6.92 Å². The molecule has 1 aromatic heterocycles. The fourth-order valence-electron chi connectivity index (χ4n) is 0.959. The van der Waals surface area contributed by atoms with Crippen LogP contribution in [0.4, 0.5) is 8.78 Å². The van der Waals surface area contributed by atoms with Crippen molar-refractivity contribution in [1.29, 1.82) is 0 Å². The van der Waals surface area contributed by atoms with Crippen molar-refractivity contribution in [3.8, 4) is 0 Å². The van der Waals surface area contributed by atoms with Crippen molar-refractivity contribution in [1.82, 2.24) is 4.98 Å². The summed E-state index contributed by atoms with van der Waals surface area (Å²) in [6, 6.07) is 1.25. The summed E-state index contributed by atoms with van der Waals surface area (Å²) in [5.41, 5.74) is -0.0454. The Balaban J connectivity index is 2.76. The molecule has 0 amide bonds. The van der Waals surface area contributed by atoms with Gasteiger partial charge in [0.05, 0.1) is 13.0 Å². The van der Waals surface area contributed by atoms with Gasteiger partial charge in [-0.3, -0.25) is 4.79 Å². The highest BCUT2D eigenvalue weighted by atomic mass is 19.2. The minimum atomic E-state index is -1.20. The van der Waals surface area contributed by atoms with E-state index in [0.29, 0.717) is 0 Å². The van der Waals surface area contributed by atoms with E-state index in [0.717, 1.165) is 6.20 Å². The molecule has 0 saturated carbocycles. The van der Waals surface area contributed by atoms with Crippen molar-refractivity contribution in [2.24, 2.45) is 0 Å². The highest BCUT2D eigenvalue weighted by Gasteiger charge is 2.12. The number of hydrogen-bond donors (Lipinski definition) is 0. The van der Waals surface area contributed by atoms with Gasteiger partial charge in [-0.15, -0.1) is 0 Å². The lowest BCUT2D eigenvalue weighted by atomic mass is 10.2. The zero-order chi connectivity index (χ0) is 10.6. The highest BCUT2D eigenvalue weighted by molar-refractivity contribution is 5.72. The molecule has 0 atom stereocenters. The Kier molecular flexibility index (Phi) is 3.50. The Labute approximate surface area is 79.7 Å². The van der Waals surface area contributed by atoms with E-state index in [2.05, 4.69) is 9.72 Å². The van der Waals surface area contributed by atoms with Crippen molar-refractivity contribution >= 4 is 5.97 Å². The van der Waals surface area contributed by atoms with Gasteiger partial charge in [0.2, 0.25) is 5.95 Å². The van der Waals surface area contributed by atoms with Crippen LogP contribution in [0.15, 0.2) is 12.3 Å². The Hall–Kier alpha value is -1.52. The predicted molar refractivity (Wildman–Crippen MR) is 44.5 cm³/mol. The molecule has 0 aliphatic heterocycles. The molecule has 0 saturated heterocycles. The number of hydrogen-bond acceptors (Lipinski definition) is 3. The SMILES string of the molecule is CCOC(=O)Cc1ccnc(F)c1F. The van der Waals surface area contributed by atoms with Crippen LogP contribution in [-0.4, -0.2) is 17.6 Å². The Morgan fingerprint density at radius 2 is 2.29 bits per heavy atom. The molecule has 0 fully saturated rings. The van der Waals surface area contributed by atoms with Crippen LogP contribution in [0.3, 0.4) is 0 Å². The van der Waals surface area contributed by atoms with E-state index in [1.807, 2.05) is 0 Å². The van der Waals surface area contributed by atoms with Crippen molar-refractivity contribution in [2.75, 3.05) is 6.61 Å². The van der Waals surface area contributed by atoms with Gasteiger partial charge in [0.15, 0.2) is 5.82 Å². The number of nitrogens with zero attached hydrogens (tertiary/aromatic N) is 1. The van der Waals surface area contributed by atoms with Crippen molar-refractivity contribution in [2.45, 2.75) is 13.3 Å². The topological polar surface area (TPSA) is 39.2 Å². The summed E-state index contributed by atoms with van der Waals surface area (Å²) < 4.78 is 30.1. The molecule has 0 N–H and O–H groups in total. The van der Waals surface area contributed by atoms with Gasteiger partial charge in [0.1, 0.15) is 0 Å². The summed E-state index contributed by atoms with van der Waals surface area (Å²) >= 11 is 0. The molecule has 3 nitrogen and oxygen atoms in total. The third kappa shape index (κ3) is 2.48. The van der Waals surface area contributed by atoms with Gasteiger partial charge in [-0.05, 0) is 13.0 Å². The lowest BCUT2D eigenvalue weighted by Crippen LogP contribution is -2.09. The maximum Gasteiger partial charge on any atom is 0.310 e. The van der Waals surface area contributed by atoms with E-state index in [4.69, 9.17) is 0 Å². The molecule has 0 aromatic carbocycles. The first-order chi connectivity index (χ1) is 6.65. The summed E-state index contributed by atoms with van der Waals surface area (Å²) in [6.07, 6.45) is 0.825. The van der Waals surface area contributed by atoms with Crippen LogP contribution in [-0.2, 0) is 16.0 Å². The number of carbonyl (C=O) groups is 1. The summed E-state index contributed by atoms with van der Waals surface area (Å²) in [5, 5.41) is 0. The normalized spacial score (nSPS) is 9.93. The van der Waals surface area contributed by atoms with Gasteiger partial charge >= 0.3 is 5.97 Å². The molecule has 1 heterocycles. The number of esters is 1. The molecule has 76 valence electrons. The van der Waals surface area contributed by atoms with Crippen LogP contribution in [0, 0.1) is 11.8 Å². The Morgan fingerprint density at radius 3 is 2.93 bits per heavy atom. The molecule has 0 aliphatic rings. The smallest absolute Gasteiger partial charge is 0.310 e. The fourth-order valence-corrected chi connectivity index (χ4v) is 0.959. The van der Waals surface area contributed by atoms with Crippen molar-refractivity contribution in [3.63, 3.8) is 0 Å². The maximum absolute atomic E-state index is 13.0. The van der Waals surface area contributed by atoms with E-state index >= 15 is 0 Å². The Morgan fingerprint density at radius 1 is 1.57 bits per heavy atom. The van der Waals surface area contributed by atoms with E-state index in [-0.39, 0.29) is 18.6 Å². The first-order valence-electron chi connectivity index (χ1n) is 4.09. The first-order valence-corrected chi connectivity index (χ1v) is 4.09. The fraction of sp³-hybridized carbons (Fsp3) is 0.333. The summed E-state index contributed by atoms with van der Waals surface area (Å²) in [4.78, 5) is 14.0. The van der Waals surface area contributed by atoms with E-state index in [1.165, 1.54) is 6.07 Å². The molecule has 5 heteroatoms. The van der Waals surface area contributed by atoms with Crippen LogP contribution in [0.1, 0.15) is 12.5 Å². The number of ether oxygens (including phenoxy) is 1. The molecule has 1 aromatic rings. The van der Waals surface area contributed by atoms with Crippen LogP contribution in [0.25, 0.3) is 0 Å². The summed E-state index contributed by atoms with van der Waals surface area (Å²) in [6.45, 7) is 1.86. The first kappa shape index (κ1) is 10.6. The second kappa shape index (κ2) is 4.64. The van der Waals surface area contributed by atoms with E-state index < -0.39 is 17.7 Å². The van der Waals surface area contributed by atoms with Gasteiger partial charge in [-0.1, -0.05) is 0 Å². The predicted octanol–water partition coefficient (Wildman–Crippen LogP) is 1.47. The van der Waals surface area contributed by atoms with Crippen molar-refractivity contribution in [3.05, 3.63) is 29.6 Å². The Bertz CT molecular complexity index is 342. The average molecular weight is 201 g/mol. The third-order valence-corrected chi connectivity index (χ3v) is 1.57. The van der Waals surface area contributed by atoms with Crippen LogP contribution in [0.2, 0.25) is 0 Å². The van der Waals surface area contributed by atoms with Crippen molar-refractivity contribution < 1.29 is 18.3 Å². The molecule has 0 unspecified atom stereocenters. The third-order valence-electron chi connectivity index (χ3n) is 1.57. The lowest BCUT2D eigenvalue weighted by Gasteiger charge is -2.02. The second-order valence-electron chi connectivity index (χ2n) is 2.56. The zero-order valence-corrected chi connectivity index (χ0v) is 7.59. The number of pyridine rings is 1. The average Bonchev–Trinajstić information content (AvgIpc) is 2.13. The van der Waals surface area contributed by atoms with Gasteiger partial charge < -0.3 is 4.74 Å². The molecule has 14 heavy (non-hydrogen) atoms. The minimum absolute atomic E-state index is 0.0454. The van der Waals surface area contributed by atoms with Gasteiger partial charge in [0, 0.05) is 11.8 Å². The summed E-state index contributed by atoms with van der Waals surface area (Å²) in [7, 11) is 0. The van der Waals surface area contributed by atoms with Gasteiger partial charge in [-0.2, -0.15) is 4.39 Å². The van der Waals surface area contributed by atoms with E-state index in [9.17, 15) is 13.6 Å². The quantitative estimate of drug-likeness (QED) is 0.549. The second-order valence-corrected chi connectivity index (χ2v) is 2.56. The number of carbonyl (C=O) groups excluding carboxylic acids is 1. The van der Waals surface area contributed by atoms with Gasteiger partial charge in [0.25, 0.3) is 0 Å². The minimum Gasteiger partial charge on any atom is -0.466 e. The molecule has 0 radical (unpaired) electrons. The monoisotopic (exact) mass is 201 g/mol. The maximum atomic E-state index is 13.0. The number of rotatable bonds is 3. The molecular formula is C9H9F2NO2. The highest BCUT2D eigenvalue weighted by Crippen LogP contribution is 2.09. The van der Waals surface area contributed by atoms with Gasteiger partial charge in [-0.25, -0.2) is 9.37 Å². The molecule has 0 aliphatic carbocycles. The van der Waals surface area contributed by atoms with Crippen LogP contribution < -0.4 is 0 Å². The largest absolute Gasteiger partial charge is 0.466 e. The molecule has 0 bridgehead atoms. The molecule has 0 spiro atoms. The van der Waals surface area contributed by atoms with Crippen LogP contribution in [0.5, 0.6) is 0 Å². The zero-order valence-electron chi connectivity index (χ0n) is 7.59. The molecule has 1 rings (SSSR count). The number of halogens is 2. The summed E-state index contributed by atoms with van der Waals surface area (Å²) in [5.74, 6) is -2.88. The molecular weight excluding hydrogens is 192 g/mol.